The summed E-state index contributed by atoms with van der Waals surface area (Å²) < 4.78 is 16.0. The summed E-state index contributed by atoms with van der Waals surface area (Å²) in [7, 11) is 0. The maximum atomic E-state index is 11.6. The van der Waals surface area contributed by atoms with Gasteiger partial charge in [0.05, 0.1) is 0 Å². The second kappa shape index (κ2) is 9.26. The van der Waals surface area contributed by atoms with Crippen molar-refractivity contribution in [1.82, 2.24) is 0 Å². The monoisotopic (exact) mass is 398 g/mol. The lowest BCUT2D eigenvalue weighted by atomic mass is 10.2. The van der Waals surface area contributed by atoms with Gasteiger partial charge in [0.2, 0.25) is 0 Å². The molecule has 1 heterocycles. The minimum absolute atomic E-state index is 0.334. The second-order valence-electron chi connectivity index (χ2n) is 6.26. The highest BCUT2D eigenvalue weighted by molar-refractivity contribution is 5.88. The molecule has 0 saturated heterocycles. The van der Waals surface area contributed by atoms with Crippen LogP contribution in [0.2, 0.25) is 0 Å². The van der Waals surface area contributed by atoms with Crippen molar-refractivity contribution < 1.29 is 23.5 Å². The third-order valence-electron chi connectivity index (χ3n) is 3.87. The fourth-order valence-corrected chi connectivity index (χ4v) is 2.34. The van der Waals surface area contributed by atoms with Gasteiger partial charge in [-0.1, -0.05) is 19.1 Å². The molecule has 1 aromatic heterocycles. The first kappa shape index (κ1) is 20.4. The van der Waals surface area contributed by atoms with Gasteiger partial charge in [0.25, 0.3) is 0 Å². The summed E-state index contributed by atoms with van der Waals surface area (Å²) >= 11 is 0. The molecule has 5 heteroatoms. The van der Waals surface area contributed by atoms with Crippen molar-refractivity contribution in [3.8, 4) is 34.7 Å². The van der Waals surface area contributed by atoms with E-state index in [1.165, 1.54) is 0 Å². The van der Waals surface area contributed by atoms with Crippen LogP contribution in [0.1, 0.15) is 18.2 Å². The first-order valence-electron chi connectivity index (χ1n) is 8.99. The van der Waals surface area contributed by atoms with Gasteiger partial charge in [-0.15, -0.1) is 0 Å². The Bertz CT molecular complexity index is 1150. The van der Waals surface area contributed by atoms with Gasteiger partial charge < -0.3 is 13.9 Å². The number of carbonyl (C=O) groups is 2. The predicted molar refractivity (Wildman–Crippen MR) is 113 cm³/mol. The standard InChI is InChI=1S/C25H18O5/c1-4-24(26)29-21-11-6-18(7-12-21)5-10-20-15-16-23(28-20)19-8-13-22(14-9-19)30-25(27)17(2)3/h4,6-9,11-16H,1-2H2,3H3. The lowest BCUT2D eigenvalue weighted by Crippen LogP contribution is -2.07. The Morgan fingerprint density at radius 3 is 2.17 bits per heavy atom. The first-order valence-corrected chi connectivity index (χ1v) is 8.99. The van der Waals surface area contributed by atoms with Crippen molar-refractivity contribution >= 4 is 11.9 Å². The average Bonchev–Trinajstić information content (AvgIpc) is 3.22. The van der Waals surface area contributed by atoms with Crippen molar-refractivity contribution in [2.45, 2.75) is 6.92 Å². The minimum atomic E-state index is -0.515. The van der Waals surface area contributed by atoms with Crippen LogP contribution in [0, 0.1) is 11.8 Å². The molecule has 0 aliphatic rings. The smallest absolute Gasteiger partial charge is 0.338 e. The van der Waals surface area contributed by atoms with Crippen molar-refractivity contribution in [3.63, 3.8) is 0 Å². The molecule has 0 amide bonds. The van der Waals surface area contributed by atoms with Gasteiger partial charge in [-0.05, 0) is 73.5 Å². The number of rotatable bonds is 5. The van der Waals surface area contributed by atoms with Crippen molar-refractivity contribution in [1.29, 1.82) is 0 Å². The molecular formula is C25H18O5. The van der Waals surface area contributed by atoms with Gasteiger partial charge >= 0.3 is 11.9 Å². The van der Waals surface area contributed by atoms with Crippen molar-refractivity contribution in [2.24, 2.45) is 0 Å². The Hall–Kier alpha value is -4.30. The third-order valence-corrected chi connectivity index (χ3v) is 3.87. The highest BCUT2D eigenvalue weighted by Gasteiger charge is 2.07. The highest BCUT2D eigenvalue weighted by atomic mass is 16.5. The van der Waals surface area contributed by atoms with E-state index in [1.54, 1.807) is 61.5 Å². The molecule has 148 valence electrons. The fraction of sp³-hybridized carbons (Fsp3) is 0.0400. The van der Waals surface area contributed by atoms with E-state index in [-0.39, 0.29) is 0 Å². The number of hydrogen-bond acceptors (Lipinski definition) is 5. The van der Waals surface area contributed by atoms with Crippen molar-refractivity contribution in [3.05, 3.63) is 96.8 Å². The quantitative estimate of drug-likeness (QED) is 0.264. The van der Waals surface area contributed by atoms with Crippen LogP contribution in [0.25, 0.3) is 11.3 Å². The molecule has 0 fully saturated rings. The van der Waals surface area contributed by atoms with E-state index < -0.39 is 11.9 Å². The maximum Gasteiger partial charge on any atom is 0.338 e. The van der Waals surface area contributed by atoms with Crippen LogP contribution in [0.15, 0.2) is 89.9 Å². The Labute approximate surface area is 174 Å². The maximum absolute atomic E-state index is 11.6. The zero-order valence-corrected chi connectivity index (χ0v) is 16.3. The van der Waals surface area contributed by atoms with E-state index in [4.69, 9.17) is 13.9 Å². The Balaban J connectivity index is 1.67. The summed E-state index contributed by atoms with van der Waals surface area (Å²) in [5, 5.41) is 0. The van der Waals surface area contributed by atoms with E-state index in [9.17, 15) is 9.59 Å². The molecule has 0 aliphatic carbocycles. The molecule has 3 rings (SSSR count). The highest BCUT2D eigenvalue weighted by Crippen LogP contribution is 2.24. The summed E-state index contributed by atoms with van der Waals surface area (Å²) in [5.41, 5.74) is 1.90. The van der Waals surface area contributed by atoms with Crippen LogP contribution in [-0.4, -0.2) is 11.9 Å². The molecule has 0 spiro atoms. The van der Waals surface area contributed by atoms with Crippen LogP contribution in [0.4, 0.5) is 0 Å². The number of hydrogen-bond donors (Lipinski definition) is 0. The fourth-order valence-electron chi connectivity index (χ4n) is 2.34. The SMILES string of the molecule is C=CC(=O)Oc1ccc(C#Cc2ccc(-c3ccc(OC(=O)C(=C)C)cc3)o2)cc1. The van der Waals surface area contributed by atoms with E-state index >= 15 is 0 Å². The molecular weight excluding hydrogens is 380 g/mol. The van der Waals surface area contributed by atoms with Gasteiger partial charge in [-0.2, -0.15) is 0 Å². The molecule has 0 unspecified atom stereocenters. The van der Waals surface area contributed by atoms with Crippen molar-refractivity contribution in [2.75, 3.05) is 0 Å². The molecule has 2 aromatic carbocycles. The van der Waals surface area contributed by atoms with Crippen LogP contribution < -0.4 is 9.47 Å². The third kappa shape index (κ3) is 5.37. The van der Waals surface area contributed by atoms with Crippen LogP contribution >= 0.6 is 0 Å². The van der Waals surface area contributed by atoms with Crippen LogP contribution in [-0.2, 0) is 9.59 Å². The molecule has 3 aromatic rings. The zero-order valence-electron chi connectivity index (χ0n) is 16.3. The molecule has 0 N–H and O–H groups in total. The van der Waals surface area contributed by atoms with Gasteiger partial charge in [0, 0.05) is 22.8 Å². The number of furan rings is 1. The predicted octanol–water partition coefficient (Wildman–Crippen LogP) is 4.92. The molecule has 0 bridgehead atoms. The van der Waals surface area contributed by atoms with E-state index in [1.807, 2.05) is 6.07 Å². The van der Waals surface area contributed by atoms with Gasteiger partial charge in [-0.25, -0.2) is 9.59 Å². The number of benzene rings is 2. The first-order chi connectivity index (χ1) is 14.4. The lowest BCUT2D eigenvalue weighted by Gasteiger charge is -2.04. The van der Waals surface area contributed by atoms with E-state index in [0.29, 0.717) is 28.6 Å². The van der Waals surface area contributed by atoms with Crippen LogP contribution in [0.5, 0.6) is 11.5 Å². The summed E-state index contributed by atoms with van der Waals surface area (Å²) in [4.78, 5) is 22.7. The largest absolute Gasteiger partial charge is 0.448 e. The molecule has 0 saturated carbocycles. The second-order valence-corrected chi connectivity index (χ2v) is 6.26. The summed E-state index contributed by atoms with van der Waals surface area (Å²) in [6.45, 7) is 8.50. The Morgan fingerprint density at radius 1 is 0.900 bits per heavy atom. The summed E-state index contributed by atoms with van der Waals surface area (Å²) in [6, 6.07) is 17.3. The molecule has 5 nitrogen and oxygen atoms in total. The molecule has 0 atom stereocenters. The molecule has 0 aliphatic heterocycles. The van der Waals surface area contributed by atoms with E-state index in [0.717, 1.165) is 17.2 Å². The lowest BCUT2D eigenvalue weighted by molar-refractivity contribution is -0.130. The Morgan fingerprint density at radius 2 is 1.53 bits per heavy atom. The van der Waals surface area contributed by atoms with Gasteiger partial charge in [0.1, 0.15) is 17.3 Å². The number of ether oxygens (including phenoxy) is 2. The summed E-state index contributed by atoms with van der Waals surface area (Å²) in [5.74, 6) is 6.96. The minimum Gasteiger partial charge on any atom is -0.448 e. The van der Waals surface area contributed by atoms with Gasteiger partial charge in [-0.3, -0.25) is 0 Å². The normalized spacial score (nSPS) is 9.77. The molecule has 30 heavy (non-hydrogen) atoms. The number of carbonyl (C=O) groups excluding carboxylic acids is 2. The zero-order chi connectivity index (χ0) is 21.5. The number of esters is 2. The molecule has 0 radical (unpaired) electrons. The summed E-state index contributed by atoms with van der Waals surface area (Å²) in [6.07, 6.45) is 1.10. The Kier molecular flexibility index (Phi) is 6.31. The topological polar surface area (TPSA) is 65.7 Å². The van der Waals surface area contributed by atoms with Gasteiger partial charge in [0.15, 0.2) is 5.76 Å². The average molecular weight is 398 g/mol. The van der Waals surface area contributed by atoms with Crippen LogP contribution in [0.3, 0.4) is 0 Å². The van der Waals surface area contributed by atoms with E-state index in [2.05, 4.69) is 25.0 Å².